The molecule has 6 heteroatoms. The van der Waals surface area contributed by atoms with Crippen molar-refractivity contribution in [3.05, 3.63) is 0 Å². The van der Waals surface area contributed by atoms with E-state index in [9.17, 15) is 9.59 Å². The van der Waals surface area contributed by atoms with E-state index in [1.807, 2.05) is 18.7 Å². The summed E-state index contributed by atoms with van der Waals surface area (Å²) in [5, 5.41) is 3.01. The Balaban J connectivity index is 0.00000441. The first-order valence-corrected chi connectivity index (χ1v) is 8.29. The molecule has 3 N–H and O–H groups in total. The molecule has 0 spiro atoms. The van der Waals surface area contributed by atoms with Crippen molar-refractivity contribution in [3.8, 4) is 0 Å². The predicted molar refractivity (Wildman–Crippen MR) is 91.9 cm³/mol. The Morgan fingerprint density at radius 1 is 1.23 bits per heavy atom. The Hall–Kier alpha value is -0.810. The number of carbonyl (C=O) groups is 2. The zero-order valence-electron chi connectivity index (χ0n) is 14.1. The van der Waals surface area contributed by atoms with E-state index in [4.69, 9.17) is 5.73 Å². The fraction of sp³-hybridized carbons (Fsp3) is 0.875. The highest BCUT2D eigenvalue weighted by Crippen LogP contribution is 2.19. The monoisotopic (exact) mass is 333 g/mol. The fourth-order valence-corrected chi connectivity index (χ4v) is 2.61. The molecule has 0 bridgehead atoms. The molecule has 1 aliphatic heterocycles. The van der Waals surface area contributed by atoms with Gasteiger partial charge in [0.05, 0.1) is 5.92 Å². The van der Waals surface area contributed by atoms with Crippen molar-refractivity contribution in [1.82, 2.24) is 10.2 Å². The Morgan fingerprint density at radius 3 is 2.32 bits per heavy atom. The molecule has 0 aliphatic carbocycles. The molecular formula is C16H32ClN3O2. The molecule has 0 aromatic carbocycles. The number of piperidine rings is 1. The summed E-state index contributed by atoms with van der Waals surface area (Å²) < 4.78 is 0. The maximum atomic E-state index is 12.2. The minimum Gasteiger partial charge on any atom is -0.356 e. The van der Waals surface area contributed by atoms with Crippen LogP contribution in [0.4, 0.5) is 0 Å². The molecule has 1 rings (SSSR count). The van der Waals surface area contributed by atoms with E-state index >= 15 is 0 Å². The largest absolute Gasteiger partial charge is 0.356 e. The van der Waals surface area contributed by atoms with Crippen molar-refractivity contribution in [1.29, 1.82) is 0 Å². The summed E-state index contributed by atoms with van der Waals surface area (Å²) in [5.74, 6) is 0.177. The van der Waals surface area contributed by atoms with Gasteiger partial charge in [0, 0.05) is 31.6 Å². The van der Waals surface area contributed by atoms with Crippen LogP contribution in [0.1, 0.15) is 52.9 Å². The van der Waals surface area contributed by atoms with Crippen molar-refractivity contribution >= 4 is 24.2 Å². The molecule has 0 radical (unpaired) electrons. The van der Waals surface area contributed by atoms with Crippen LogP contribution in [-0.2, 0) is 9.59 Å². The highest BCUT2D eigenvalue weighted by molar-refractivity contribution is 5.85. The van der Waals surface area contributed by atoms with E-state index in [1.54, 1.807) is 0 Å². The molecular weight excluding hydrogens is 302 g/mol. The summed E-state index contributed by atoms with van der Waals surface area (Å²) in [6.45, 7) is 8.00. The van der Waals surface area contributed by atoms with Gasteiger partial charge >= 0.3 is 0 Å². The normalized spacial score (nSPS) is 18.3. The maximum absolute atomic E-state index is 12.2. The van der Waals surface area contributed by atoms with E-state index in [-0.39, 0.29) is 42.1 Å². The molecule has 1 fully saturated rings. The molecule has 2 atom stereocenters. The van der Waals surface area contributed by atoms with Crippen LogP contribution in [-0.4, -0.2) is 42.4 Å². The standard InChI is InChI=1S/C16H31N3O2.ClH/c1-4-5-6-9-18-15(20)14-7-10-19(11-8-14)16(21)12(2)13(3)17;/h12-14H,4-11,17H2,1-3H3,(H,18,20);1H. The van der Waals surface area contributed by atoms with Crippen LogP contribution in [0.3, 0.4) is 0 Å². The van der Waals surface area contributed by atoms with Gasteiger partial charge in [-0.05, 0) is 26.2 Å². The molecule has 130 valence electrons. The van der Waals surface area contributed by atoms with E-state index in [2.05, 4.69) is 12.2 Å². The average molecular weight is 334 g/mol. The van der Waals surface area contributed by atoms with Gasteiger partial charge in [-0.3, -0.25) is 9.59 Å². The fourth-order valence-electron chi connectivity index (χ4n) is 2.61. The summed E-state index contributed by atoms with van der Waals surface area (Å²) in [4.78, 5) is 26.1. The number of unbranched alkanes of at least 4 members (excludes halogenated alkanes) is 2. The van der Waals surface area contributed by atoms with Gasteiger partial charge in [-0.2, -0.15) is 0 Å². The Bertz CT molecular complexity index is 342. The SMILES string of the molecule is CCCCCNC(=O)C1CCN(C(=O)C(C)C(C)N)CC1.Cl. The van der Waals surface area contributed by atoms with Gasteiger partial charge in [-0.15, -0.1) is 12.4 Å². The Morgan fingerprint density at radius 2 is 1.82 bits per heavy atom. The summed E-state index contributed by atoms with van der Waals surface area (Å²) >= 11 is 0. The number of halogens is 1. The molecule has 1 aliphatic rings. The number of hydrogen-bond acceptors (Lipinski definition) is 3. The lowest BCUT2D eigenvalue weighted by atomic mass is 9.94. The minimum atomic E-state index is -0.149. The van der Waals surface area contributed by atoms with Crippen molar-refractivity contribution in [2.24, 2.45) is 17.6 Å². The second-order valence-electron chi connectivity index (χ2n) is 6.25. The molecule has 1 heterocycles. The first kappa shape index (κ1) is 21.2. The summed E-state index contributed by atoms with van der Waals surface area (Å²) in [6, 6.07) is -0.128. The number of amides is 2. The van der Waals surface area contributed by atoms with Crippen molar-refractivity contribution in [2.45, 2.75) is 58.9 Å². The van der Waals surface area contributed by atoms with Gasteiger partial charge in [-0.25, -0.2) is 0 Å². The summed E-state index contributed by atoms with van der Waals surface area (Å²) in [7, 11) is 0. The van der Waals surface area contributed by atoms with Gasteiger partial charge in [0.1, 0.15) is 0 Å². The lowest BCUT2D eigenvalue weighted by Crippen LogP contribution is -2.47. The summed E-state index contributed by atoms with van der Waals surface area (Å²) in [5.41, 5.74) is 5.79. The quantitative estimate of drug-likeness (QED) is 0.699. The highest BCUT2D eigenvalue weighted by atomic mass is 35.5. The third kappa shape index (κ3) is 6.53. The zero-order valence-corrected chi connectivity index (χ0v) is 15.0. The van der Waals surface area contributed by atoms with Gasteiger partial charge in [0.2, 0.25) is 11.8 Å². The Kier molecular flexibility index (Phi) is 10.4. The lowest BCUT2D eigenvalue weighted by molar-refractivity contribution is -0.139. The van der Waals surface area contributed by atoms with Crippen LogP contribution in [0.15, 0.2) is 0 Å². The molecule has 2 unspecified atom stereocenters. The van der Waals surface area contributed by atoms with E-state index in [0.29, 0.717) is 13.1 Å². The van der Waals surface area contributed by atoms with Gasteiger partial charge in [0.15, 0.2) is 0 Å². The van der Waals surface area contributed by atoms with Crippen molar-refractivity contribution in [3.63, 3.8) is 0 Å². The number of hydrogen-bond donors (Lipinski definition) is 2. The van der Waals surface area contributed by atoms with E-state index in [1.165, 1.54) is 0 Å². The van der Waals surface area contributed by atoms with Crippen LogP contribution in [0, 0.1) is 11.8 Å². The lowest BCUT2D eigenvalue weighted by Gasteiger charge is -2.33. The Labute approximate surface area is 140 Å². The van der Waals surface area contributed by atoms with Gasteiger partial charge in [0.25, 0.3) is 0 Å². The number of nitrogens with two attached hydrogens (primary N) is 1. The molecule has 2 amide bonds. The molecule has 22 heavy (non-hydrogen) atoms. The average Bonchev–Trinajstić information content (AvgIpc) is 2.50. The first-order valence-electron chi connectivity index (χ1n) is 8.29. The van der Waals surface area contributed by atoms with Gasteiger partial charge < -0.3 is 16.0 Å². The number of likely N-dealkylation sites (tertiary alicyclic amines) is 1. The molecule has 0 aromatic rings. The zero-order chi connectivity index (χ0) is 15.8. The number of nitrogens with one attached hydrogen (secondary N) is 1. The second-order valence-corrected chi connectivity index (χ2v) is 6.25. The molecule has 0 saturated carbocycles. The summed E-state index contributed by atoms with van der Waals surface area (Å²) in [6.07, 6.45) is 4.88. The minimum absolute atomic E-state index is 0. The molecule has 1 saturated heterocycles. The second kappa shape index (κ2) is 10.8. The van der Waals surface area contributed by atoms with Crippen LogP contribution in [0.2, 0.25) is 0 Å². The third-order valence-electron chi connectivity index (χ3n) is 4.44. The molecule has 0 aromatic heterocycles. The number of carbonyl (C=O) groups excluding carboxylic acids is 2. The van der Waals surface area contributed by atoms with Crippen molar-refractivity contribution in [2.75, 3.05) is 19.6 Å². The highest BCUT2D eigenvalue weighted by Gasteiger charge is 2.30. The van der Waals surface area contributed by atoms with Gasteiger partial charge in [-0.1, -0.05) is 26.7 Å². The van der Waals surface area contributed by atoms with Crippen LogP contribution >= 0.6 is 12.4 Å². The molecule has 5 nitrogen and oxygen atoms in total. The number of nitrogens with zero attached hydrogens (tertiary/aromatic N) is 1. The van der Waals surface area contributed by atoms with E-state index in [0.717, 1.165) is 38.6 Å². The van der Waals surface area contributed by atoms with E-state index < -0.39 is 0 Å². The predicted octanol–water partition coefficient (Wildman–Crippen LogP) is 1.94. The first-order chi connectivity index (χ1) is 9.97. The van der Waals surface area contributed by atoms with Crippen LogP contribution < -0.4 is 11.1 Å². The maximum Gasteiger partial charge on any atom is 0.226 e. The van der Waals surface area contributed by atoms with Crippen LogP contribution in [0.5, 0.6) is 0 Å². The smallest absolute Gasteiger partial charge is 0.226 e. The third-order valence-corrected chi connectivity index (χ3v) is 4.44. The topological polar surface area (TPSA) is 75.4 Å². The number of rotatable bonds is 7. The van der Waals surface area contributed by atoms with Crippen molar-refractivity contribution < 1.29 is 9.59 Å². The van der Waals surface area contributed by atoms with Crippen LogP contribution in [0.25, 0.3) is 0 Å².